The predicted molar refractivity (Wildman–Crippen MR) is 47.8 cm³/mol. The van der Waals surface area contributed by atoms with Gasteiger partial charge in [-0.2, -0.15) is 0 Å². The average Bonchev–Trinajstić information content (AvgIpc) is 2.05. The molecule has 0 aliphatic carbocycles. The van der Waals surface area contributed by atoms with Gasteiger partial charge in [-0.1, -0.05) is 0 Å². The van der Waals surface area contributed by atoms with Gasteiger partial charge < -0.3 is 15.4 Å². The van der Waals surface area contributed by atoms with Gasteiger partial charge in [0.15, 0.2) is 0 Å². The van der Waals surface area contributed by atoms with Gasteiger partial charge >= 0.3 is 12.0 Å². The molecular formula is C8H15N2O3. The second-order valence-corrected chi connectivity index (χ2v) is 2.38. The highest BCUT2D eigenvalue weighted by atomic mass is 16.5. The number of carbonyl (C=O) groups is 2. The summed E-state index contributed by atoms with van der Waals surface area (Å²) in [7, 11) is 0. The van der Waals surface area contributed by atoms with Crippen LogP contribution in [0.15, 0.2) is 0 Å². The standard InChI is InChI=1S/C8H15N2O3/c1-3-10(8(9)12)6-5-7(11)13-4-2/h1,3-6H2,2H3,(H2,9,12). The number of carbonyl (C=O) groups excluding carboxylic acids is 2. The zero-order valence-corrected chi connectivity index (χ0v) is 7.78. The Bertz CT molecular complexity index is 182. The number of primary amides is 1. The molecule has 0 fully saturated rings. The third-order valence-electron chi connectivity index (χ3n) is 1.47. The van der Waals surface area contributed by atoms with Crippen molar-refractivity contribution >= 4 is 12.0 Å². The van der Waals surface area contributed by atoms with Crippen molar-refractivity contribution in [1.82, 2.24) is 4.90 Å². The molecule has 5 nitrogen and oxygen atoms in total. The van der Waals surface area contributed by atoms with Crippen molar-refractivity contribution in [2.75, 3.05) is 19.7 Å². The normalized spacial score (nSPS) is 9.38. The van der Waals surface area contributed by atoms with E-state index in [4.69, 9.17) is 5.73 Å². The van der Waals surface area contributed by atoms with Gasteiger partial charge in [0.25, 0.3) is 0 Å². The van der Waals surface area contributed by atoms with Gasteiger partial charge in [-0.25, -0.2) is 4.79 Å². The summed E-state index contributed by atoms with van der Waals surface area (Å²) in [4.78, 5) is 22.8. The molecule has 13 heavy (non-hydrogen) atoms. The smallest absolute Gasteiger partial charge is 0.314 e. The fourth-order valence-electron chi connectivity index (χ4n) is 0.792. The summed E-state index contributed by atoms with van der Waals surface area (Å²) in [6.07, 6.45) is 0.159. The monoisotopic (exact) mass is 187 g/mol. The van der Waals surface area contributed by atoms with Gasteiger partial charge in [0.2, 0.25) is 0 Å². The number of rotatable bonds is 5. The van der Waals surface area contributed by atoms with Crippen LogP contribution in [0.1, 0.15) is 13.3 Å². The van der Waals surface area contributed by atoms with Crippen LogP contribution in [0.5, 0.6) is 0 Å². The van der Waals surface area contributed by atoms with Gasteiger partial charge in [0, 0.05) is 13.1 Å². The first-order valence-electron chi connectivity index (χ1n) is 4.11. The second kappa shape index (κ2) is 6.28. The van der Waals surface area contributed by atoms with Crippen LogP contribution in [0.2, 0.25) is 0 Å². The van der Waals surface area contributed by atoms with Crippen molar-refractivity contribution in [1.29, 1.82) is 0 Å². The highest BCUT2D eigenvalue weighted by Gasteiger charge is 2.09. The highest BCUT2D eigenvalue weighted by Crippen LogP contribution is 1.93. The first-order valence-corrected chi connectivity index (χ1v) is 4.11. The average molecular weight is 187 g/mol. The summed E-state index contributed by atoms with van der Waals surface area (Å²) >= 11 is 0. The van der Waals surface area contributed by atoms with Crippen molar-refractivity contribution in [3.05, 3.63) is 6.92 Å². The maximum atomic E-state index is 10.9. The molecule has 0 rings (SSSR count). The predicted octanol–water partition coefficient (Wildman–Crippen LogP) is 0.154. The minimum atomic E-state index is -0.570. The molecular weight excluding hydrogens is 172 g/mol. The third kappa shape index (κ3) is 5.05. The fourth-order valence-corrected chi connectivity index (χ4v) is 0.792. The van der Waals surface area contributed by atoms with Gasteiger partial charge in [-0.05, 0) is 13.8 Å². The number of nitrogens with zero attached hydrogens (tertiary/aromatic N) is 1. The molecule has 0 aromatic heterocycles. The van der Waals surface area contributed by atoms with Crippen LogP contribution in [-0.4, -0.2) is 36.6 Å². The molecule has 0 saturated heterocycles. The van der Waals surface area contributed by atoms with Crippen LogP contribution < -0.4 is 5.73 Å². The quantitative estimate of drug-likeness (QED) is 0.623. The lowest BCUT2D eigenvalue weighted by molar-refractivity contribution is -0.143. The molecule has 75 valence electrons. The number of urea groups is 1. The maximum absolute atomic E-state index is 10.9. The second-order valence-electron chi connectivity index (χ2n) is 2.38. The minimum absolute atomic E-state index is 0.159. The number of esters is 1. The van der Waals surface area contributed by atoms with Gasteiger partial charge in [-0.3, -0.25) is 4.79 Å². The molecule has 0 aromatic rings. The SMILES string of the molecule is [CH2]CN(CCC(=O)OCC)C(N)=O. The van der Waals surface area contributed by atoms with E-state index in [-0.39, 0.29) is 25.5 Å². The number of hydrogen-bond donors (Lipinski definition) is 1. The van der Waals surface area contributed by atoms with Crippen LogP contribution in [0.4, 0.5) is 4.79 Å². The Morgan fingerprint density at radius 1 is 1.54 bits per heavy atom. The van der Waals surface area contributed by atoms with E-state index in [0.29, 0.717) is 6.61 Å². The molecule has 0 spiro atoms. The Labute approximate surface area is 77.8 Å². The zero-order chi connectivity index (χ0) is 10.3. The van der Waals surface area contributed by atoms with E-state index in [1.165, 1.54) is 4.90 Å². The van der Waals surface area contributed by atoms with Crippen molar-refractivity contribution in [3.63, 3.8) is 0 Å². The number of nitrogens with two attached hydrogens (primary N) is 1. The van der Waals surface area contributed by atoms with Crippen LogP contribution >= 0.6 is 0 Å². The molecule has 0 aliphatic heterocycles. The van der Waals surface area contributed by atoms with Crippen LogP contribution in [0, 0.1) is 6.92 Å². The molecule has 0 saturated carbocycles. The lowest BCUT2D eigenvalue weighted by Gasteiger charge is -2.16. The van der Waals surface area contributed by atoms with E-state index < -0.39 is 6.03 Å². The fraction of sp³-hybridized carbons (Fsp3) is 0.625. The molecule has 0 heterocycles. The summed E-state index contributed by atoms with van der Waals surface area (Å²) < 4.78 is 4.68. The Balaban J connectivity index is 3.72. The van der Waals surface area contributed by atoms with Crippen LogP contribution in [0.3, 0.4) is 0 Å². The zero-order valence-electron chi connectivity index (χ0n) is 7.78. The Morgan fingerprint density at radius 3 is 2.54 bits per heavy atom. The van der Waals surface area contributed by atoms with Crippen molar-refractivity contribution in [2.24, 2.45) is 5.73 Å². The number of hydrogen-bond acceptors (Lipinski definition) is 3. The lowest BCUT2D eigenvalue weighted by atomic mass is 10.4. The first kappa shape index (κ1) is 11.7. The van der Waals surface area contributed by atoms with Gasteiger partial charge in [0.05, 0.1) is 13.0 Å². The van der Waals surface area contributed by atoms with Gasteiger partial charge in [0.1, 0.15) is 0 Å². The highest BCUT2D eigenvalue weighted by molar-refractivity contribution is 5.74. The van der Waals surface area contributed by atoms with Gasteiger partial charge in [-0.15, -0.1) is 0 Å². The first-order chi connectivity index (χ1) is 6.11. The molecule has 5 heteroatoms. The summed E-state index contributed by atoms with van der Waals surface area (Å²) in [6, 6.07) is -0.570. The van der Waals surface area contributed by atoms with E-state index in [9.17, 15) is 9.59 Å². The molecule has 0 atom stereocenters. The minimum Gasteiger partial charge on any atom is -0.466 e. The summed E-state index contributed by atoms with van der Waals surface area (Å²) in [6.45, 7) is 6.10. The Morgan fingerprint density at radius 2 is 2.15 bits per heavy atom. The maximum Gasteiger partial charge on any atom is 0.314 e. The number of amides is 2. The van der Waals surface area contributed by atoms with Crippen LogP contribution in [0.25, 0.3) is 0 Å². The van der Waals surface area contributed by atoms with Crippen molar-refractivity contribution in [3.8, 4) is 0 Å². The molecule has 0 aromatic carbocycles. The topological polar surface area (TPSA) is 72.6 Å². The largest absolute Gasteiger partial charge is 0.466 e. The van der Waals surface area contributed by atoms with E-state index in [1.807, 2.05) is 0 Å². The molecule has 2 N–H and O–H groups in total. The van der Waals surface area contributed by atoms with Crippen molar-refractivity contribution < 1.29 is 14.3 Å². The molecule has 2 amide bonds. The van der Waals surface area contributed by atoms with E-state index in [0.717, 1.165) is 0 Å². The molecule has 1 radical (unpaired) electrons. The third-order valence-corrected chi connectivity index (χ3v) is 1.47. The van der Waals surface area contributed by atoms with E-state index in [2.05, 4.69) is 11.7 Å². The van der Waals surface area contributed by atoms with Crippen LogP contribution in [-0.2, 0) is 9.53 Å². The summed E-state index contributed by atoms with van der Waals surface area (Å²) in [5, 5.41) is 0. The number of ether oxygens (including phenoxy) is 1. The van der Waals surface area contributed by atoms with Crippen molar-refractivity contribution in [2.45, 2.75) is 13.3 Å². The Hall–Kier alpha value is -1.26. The van der Waals surface area contributed by atoms with E-state index in [1.54, 1.807) is 6.92 Å². The van der Waals surface area contributed by atoms with E-state index >= 15 is 0 Å². The summed E-state index contributed by atoms with van der Waals surface area (Å²) in [5.41, 5.74) is 5.00. The Kier molecular flexibility index (Phi) is 5.67. The lowest BCUT2D eigenvalue weighted by Crippen LogP contribution is -2.37. The molecule has 0 bridgehead atoms. The summed E-state index contributed by atoms with van der Waals surface area (Å²) in [5.74, 6) is -0.331. The molecule has 0 unspecified atom stereocenters. The molecule has 0 aliphatic rings.